The third kappa shape index (κ3) is 1.96. The molecule has 0 bridgehead atoms. The van der Waals surface area contributed by atoms with Crippen LogP contribution >= 0.6 is 0 Å². The lowest BCUT2D eigenvalue weighted by Crippen LogP contribution is -2.42. The second-order valence-corrected chi connectivity index (χ2v) is 4.84. The summed E-state index contributed by atoms with van der Waals surface area (Å²) < 4.78 is 1.98. The van der Waals surface area contributed by atoms with Crippen molar-refractivity contribution in [3.8, 4) is 0 Å². The van der Waals surface area contributed by atoms with E-state index < -0.39 is 0 Å². The Kier molecular flexibility index (Phi) is 2.99. The summed E-state index contributed by atoms with van der Waals surface area (Å²) in [6, 6.07) is 1.99. The lowest BCUT2D eigenvalue weighted by Gasteiger charge is -2.31. The molecule has 4 heteroatoms. The average Bonchev–Trinajstić information content (AvgIpc) is 2.73. The molecule has 0 aromatic carbocycles. The molecule has 0 radical (unpaired) electrons. The highest BCUT2D eigenvalue weighted by atomic mass is 16.2. The van der Waals surface area contributed by atoms with E-state index in [2.05, 4.69) is 18.9 Å². The van der Waals surface area contributed by atoms with Crippen molar-refractivity contribution < 1.29 is 4.79 Å². The van der Waals surface area contributed by atoms with Gasteiger partial charge in [0.25, 0.3) is 0 Å². The van der Waals surface area contributed by atoms with Gasteiger partial charge in [-0.05, 0) is 12.0 Å². The minimum atomic E-state index is 0.106. The second-order valence-electron chi connectivity index (χ2n) is 4.84. The number of fused-ring (bicyclic) bond motifs is 1. The molecule has 0 spiro atoms. The Balaban J connectivity index is 2.06. The average molecular weight is 221 g/mol. The number of amides is 1. The van der Waals surface area contributed by atoms with Crippen molar-refractivity contribution in [2.24, 2.45) is 11.8 Å². The largest absolute Gasteiger partial charge is 0.335 e. The van der Waals surface area contributed by atoms with Crippen molar-refractivity contribution in [1.82, 2.24) is 14.7 Å². The summed E-state index contributed by atoms with van der Waals surface area (Å²) in [5, 5.41) is 4.21. The van der Waals surface area contributed by atoms with E-state index >= 15 is 0 Å². The van der Waals surface area contributed by atoms with Gasteiger partial charge in [0.2, 0.25) is 5.91 Å². The van der Waals surface area contributed by atoms with E-state index in [1.54, 1.807) is 6.20 Å². The lowest BCUT2D eigenvalue weighted by atomic mass is 9.96. The topological polar surface area (TPSA) is 38.1 Å². The molecule has 0 fully saturated rings. The number of hydrogen-bond donors (Lipinski definition) is 0. The molecule has 1 aliphatic heterocycles. The Morgan fingerprint density at radius 3 is 2.81 bits per heavy atom. The fraction of sp³-hybridized carbons (Fsp3) is 0.667. The van der Waals surface area contributed by atoms with Crippen molar-refractivity contribution in [2.45, 2.75) is 33.9 Å². The van der Waals surface area contributed by atoms with Crippen molar-refractivity contribution in [3.05, 3.63) is 18.0 Å². The van der Waals surface area contributed by atoms with Gasteiger partial charge in [-0.2, -0.15) is 5.10 Å². The first-order valence-electron chi connectivity index (χ1n) is 5.89. The summed E-state index contributed by atoms with van der Waals surface area (Å²) in [7, 11) is 0. The summed E-state index contributed by atoms with van der Waals surface area (Å²) in [5.41, 5.74) is 1.13. The second kappa shape index (κ2) is 4.28. The molecule has 16 heavy (non-hydrogen) atoms. The van der Waals surface area contributed by atoms with E-state index in [1.807, 2.05) is 22.6 Å². The smallest absolute Gasteiger partial charge is 0.226 e. The zero-order chi connectivity index (χ0) is 11.7. The highest BCUT2D eigenvalue weighted by molar-refractivity contribution is 5.78. The van der Waals surface area contributed by atoms with Crippen LogP contribution in [0, 0.1) is 11.8 Å². The first-order valence-corrected chi connectivity index (χ1v) is 5.89. The first kappa shape index (κ1) is 11.2. The molecular weight excluding hydrogens is 202 g/mol. The van der Waals surface area contributed by atoms with Crippen LogP contribution in [-0.2, 0) is 17.9 Å². The van der Waals surface area contributed by atoms with Gasteiger partial charge in [-0.3, -0.25) is 9.48 Å². The van der Waals surface area contributed by atoms with Crippen molar-refractivity contribution in [2.75, 3.05) is 6.54 Å². The fourth-order valence-corrected chi connectivity index (χ4v) is 1.95. The summed E-state index contributed by atoms with van der Waals surface area (Å²) in [6.07, 6.45) is 1.80. The third-order valence-electron chi connectivity index (χ3n) is 3.44. The van der Waals surface area contributed by atoms with E-state index in [0.717, 1.165) is 18.8 Å². The maximum atomic E-state index is 12.2. The number of carbonyl (C=O) groups is 1. The third-order valence-corrected chi connectivity index (χ3v) is 3.44. The summed E-state index contributed by atoms with van der Waals surface area (Å²) in [6.45, 7) is 8.51. The summed E-state index contributed by atoms with van der Waals surface area (Å²) >= 11 is 0. The monoisotopic (exact) mass is 221 g/mol. The lowest BCUT2D eigenvalue weighted by molar-refractivity contribution is -0.137. The van der Waals surface area contributed by atoms with Crippen LogP contribution in [0.2, 0.25) is 0 Å². The van der Waals surface area contributed by atoms with E-state index in [-0.39, 0.29) is 11.8 Å². The highest BCUT2D eigenvalue weighted by Gasteiger charge is 2.26. The van der Waals surface area contributed by atoms with Crippen LogP contribution in [0.4, 0.5) is 0 Å². The fourth-order valence-electron chi connectivity index (χ4n) is 1.95. The van der Waals surface area contributed by atoms with Crippen LogP contribution in [0.5, 0.6) is 0 Å². The van der Waals surface area contributed by atoms with E-state index in [1.165, 1.54) is 0 Å². The maximum absolute atomic E-state index is 12.2. The zero-order valence-corrected chi connectivity index (χ0v) is 10.2. The summed E-state index contributed by atoms with van der Waals surface area (Å²) in [4.78, 5) is 14.1. The standard InChI is InChI=1S/C12H19N3O/c1-9(2)10(3)12(16)14-6-7-15-11(8-14)4-5-13-15/h4-5,9-10H,6-8H2,1-3H3. The molecule has 88 valence electrons. The van der Waals surface area contributed by atoms with Crippen molar-refractivity contribution >= 4 is 5.91 Å². The van der Waals surface area contributed by atoms with Gasteiger partial charge in [0.15, 0.2) is 0 Å². The van der Waals surface area contributed by atoms with Crippen LogP contribution in [0.15, 0.2) is 12.3 Å². The van der Waals surface area contributed by atoms with Gasteiger partial charge < -0.3 is 4.90 Å². The Hall–Kier alpha value is -1.32. The van der Waals surface area contributed by atoms with Crippen LogP contribution in [0.1, 0.15) is 26.5 Å². The van der Waals surface area contributed by atoms with Gasteiger partial charge >= 0.3 is 0 Å². The molecule has 2 heterocycles. The predicted octanol–water partition coefficient (Wildman–Crippen LogP) is 1.52. The zero-order valence-electron chi connectivity index (χ0n) is 10.2. The highest BCUT2D eigenvalue weighted by Crippen LogP contribution is 2.18. The molecular formula is C12H19N3O. The number of hydrogen-bond acceptors (Lipinski definition) is 2. The molecule has 0 N–H and O–H groups in total. The van der Waals surface area contributed by atoms with Gasteiger partial charge in [-0.25, -0.2) is 0 Å². The Bertz CT molecular complexity index is 383. The molecule has 1 unspecified atom stereocenters. The van der Waals surface area contributed by atoms with Crippen LogP contribution in [-0.4, -0.2) is 27.1 Å². The number of aromatic nitrogens is 2. The Labute approximate surface area is 96.2 Å². The van der Waals surface area contributed by atoms with Gasteiger partial charge in [0.1, 0.15) is 0 Å². The Morgan fingerprint density at radius 2 is 2.12 bits per heavy atom. The summed E-state index contributed by atoms with van der Waals surface area (Å²) in [5.74, 6) is 0.774. The van der Waals surface area contributed by atoms with E-state index in [9.17, 15) is 4.79 Å². The first-order chi connectivity index (χ1) is 7.59. The maximum Gasteiger partial charge on any atom is 0.226 e. The van der Waals surface area contributed by atoms with Crippen molar-refractivity contribution in [3.63, 3.8) is 0 Å². The number of nitrogens with zero attached hydrogens (tertiary/aromatic N) is 3. The van der Waals surface area contributed by atoms with Crippen molar-refractivity contribution in [1.29, 1.82) is 0 Å². The van der Waals surface area contributed by atoms with Gasteiger partial charge in [0.05, 0.1) is 18.8 Å². The van der Waals surface area contributed by atoms with E-state index in [4.69, 9.17) is 0 Å². The van der Waals surface area contributed by atoms with Gasteiger partial charge in [0, 0.05) is 18.7 Å². The molecule has 0 aliphatic carbocycles. The molecule has 1 aliphatic rings. The molecule has 1 aromatic heterocycles. The quantitative estimate of drug-likeness (QED) is 0.759. The molecule has 1 atom stereocenters. The molecule has 4 nitrogen and oxygen atoms in total. The molecule has 1 amide bonds. The molecule has 1 aromatic rings. The molecule has 0 saturated carbocycles. The normalized spacial score (nSPS) is 17.4. The molecule has 0 saturated heterocycles. The van der Waals surface area contributed by atoms with Crippen LogP contribution < -0.4 is 0 Å². The van der Waals surface area contributed by atoms with Gasteiger partial charge in [-0.15, -0.1) is 0 Å². The predicted molar refractivity (Wildman–Crippen MR) is 61.6 cm³/mol. The number of carbonyl (C=O) groups excluding carboxylic acids is 1. The number of rotatable bonds is 2. The van der Waals surface area contributed by atoms with E-state index in [0.29, 0.717) is 12.5 Å². The molecule has 2 rings (SSSR count). The minimum Gasteiger partial charge on any atom is -0.335 e. The van der Waals surface area contributed by atoms with Crippen LogP contribution in [0.25, 0.3) is 0 Å². The minimum absolute atomic E-state index is 0.106. The van der Waals surface area contributed by atoms with Crippen LogP contribution in [0.3, 0.4) is 0 Å². The SMILES string of the molecule is CC(C)C(C)C(=O)N1CCn2nccc2C1. The Morgan fingerprint density at radius 1 is 1.38 bits per heavy atom. The van der Waals surface area contributed by atoms with Gasteiger partial charge in [-0.1, -0.05) is 20.8 Å².